The number of carboxylic acid groups (broad SMARTS) is 1. The molecule has 0 aliphatic carbocycles. The van der Waals surface area contributed by atoms with Crippen LogP contribution in [0, 0.1) is 0 Å². The summed E-state index contributed by atoms with van der Waals surface area (Å²) in [6.45, 7) is 0.0441. The van der Waals surface area contributed by atoms with Crippen molar-refractivity contribution in [3.05, 3.63) is 95.0 Å². The molecule has 0 amide bonds. The molecular formula is C20H15ClNO4S-. The second-order valence-electron chi connectivity index (χ2n) is 5.76. The molecule has 0 spiro atoms. The molecule has 7 heteroatoms. The largest absolute Gasteiger partial charge is 0.545 e. The number of carbonyl (C=O) groups is 1. The SMILES string of the molecule is O=C([O-])c1cccc(S(=O)(=O)N(Cc2ccccc2)c2ccccc2Cl)c1. The molecule has 0 unspecified atom stereocenters. The second-order valence-corrected chi connectivity index (χ2v) is 8.03. The zero-order valence-electron chi connectivity index (χ0n) is 14.1. The van der Waals surface area contributed by atoms with Crippen LogP contribution in [-0.4, -0.2) is 14.4 Å². The number of rotatable bonds is 6. The van der Waals surface area contributed by atoms with Gasteiger partial charge >= 0.3 is 0 Å². The average Bonchev–Trinajstić information content (AvgIpc) is 2.67. The smallest absolute Gasteiger partial charge is 0.264 e. The highest BCUT2D eigenvalue weighted by Crippen LogP contribution is 2.32. The van der Waals surface area contributed by atoms with Crippen molar-refractivity contribution < 1.29 is 18.3 Å². The van der Waals surface area contributed by atoms with E-state index in [1.165, 1.54) is 22.5 Å². The van der Waals surface area contributed by atoms with Gasteiger partial charge in [-0.1, -0.05) is 66.2 Å². The van der Waals surface area contributed by atoms with Crippen LogP contribution in [0.15, 0.2) is 83.8 Å². The fraction of sp³-hybridized carbons (Fsp3) is 0.0500. The summed E-state index contributed by atoms with van der Waals surface area (Å²) in [5.41, 5.74) is 0.855. The molecule has 0 N–H and O–H groups in total. The Kier molecular flexibility index (Phi) is 5.48. The first-order valence-electron chi connectivity index (χ1n) is 8.02. The van der Waals surface area contributed by atoms with Crippen molar-refractivity contribution in [1.82, 2.24) is 0 Å². The van der Waals surface area contributed by atoms with Gasteiger partial charge in [0.1, 0.15) is 0 Å². The molecule has 3 aromatic rings. The average molecular weight is 401 g/mol. The van der Waals surface area contributed by atoms with E-state index in [0.29, 0.717) is 5.69 Å². The minimum atomic E-state index is -4.07. The molecule has 0 aliphatic heterocycles. The highest BCUT2D eigenvalue weighted by Gasteiger charge is 2.27. The van der Waals surface area contributed by atoms with Crippen LogP contribution in [0.1, 0.15) is 15.9 Å². The Morgan fingerprint density at radius 1 is 0.926 bits per heavy atom. The lowest BCUT2D eigenvalue weighted by molar-refractivity contribution is -0.255. The van der Waals surface area contributed by atoms with Crippen molar-refractivity contribution in [2.24, 2.45) is 0 Å². The monoisotopic (exact) mass is 400 g/mol. The van der Waals surface area contributed by atoms with Crippen molar-refractivity contribution in [3.63, 3.8) is 0 Å². The van der Waals surface area contributed by atoms with E-state index in [-0.39, 0.29) is 22.0 Å². The fourth-order valence-corrected chi connectivity index (χ4v) is 4.42. The van der Waals surface area contributed by atoms with Gasteiger partial charge in [-0.2, -0.15) is 0 Å². The molecule has 138 valence electrons. The molecule has 0 atom stereocenters. The van der Waals surface area contributed by atoms with Crippen LogP contribution >= 0.6 is 11.6 Å². The predicted molar refractivity (Wildman–Crippen MR) is 102 cm³/mol. The Bertz CT molecular complexity index is 1070. The number of carbonyl (C=O) groups excluding carboxylic acids is 1. The number of anilines is 1. The van der Waals surface area contributed by atoms with E-state index in [0.717, 1.165) is 11.6 Å². The Morgan fingerprint density at radius 2 is 1.59 bits per heavy atom. The van der Waals surface area contributed by atoms with E-state index in [2.05, 4.69) is 0 Å². The van der Waals surface area contributed by atoms with Crippen molar-refractivity contribution in [1.29, 1.82) is 0 Å². The maximum absolute atomic E-state index is 13.3. The van der Waals surface area contributed by atoms with E-state index < -0.39 is 16.0 Å². The fourth-order valence-electron chi connectivity index (χ4n) is 2.61. The summed E-state index contributed by atoms with van der Waals surface area (Å²) >= 11 is 6.25. The van der Waals surface area contributed by atoms with Crippen LogP contribution in [0.3, 0.4) is 0 Å². The number of nitrogens with zero attached hydrogens (tertiary/aromatic N) is 1. The van der Waals surface area contributed by atoms with Crippen molar-refractivity contribution >= 4 is 33.3 Å². The van der Waals surface area contributed by atoms with Gasteiger partial charge in [0.15, 0.2) is 0 Å². The predicted octanol–water partition coefficient (Wildman–Crippen LogP) is 3.10. The van der Waals surface area contributed by atoms with Crippen LogP contribution < -0.4 is 9.41 Å². The van der Waals surface area contributed by atoms with E-state index in [1.807, 2.05) is 18.2 Å². The van der Waals surface area contributed by atoms with Crippen LogP contribution in [-0.2, 0) is 16.6 Å². The van der Waals surface area contributed by atoms with Crippen molar-refractivity contribution in [2.45, 2.75) is 11.4 Å². The molecule has 0 saturated carbocycles. The summed E-state index contributed by atoms with van der Waals surface area (Å²) in [7, 11) is -4.07. The van der Waals surface area contributed by atoms with Gasteiger partial charge in [0.25, 0.3) is 10.0 Å². The van der Waals surface area contributed by atoms with Gasteiger partial charge in [-0.3, -0.25) is 4.31 Å². The summed E-state index contributed by atoms with van der Waals surface area (Å²) in [5, 5.41) is 11.4. The molecule has 0 heterocycles. The minimum Gasteiger partial charge on any atom is -0.545 e. The maximum Gasteiger partial charge on any atom is 0.264 e. The standard InChI is InChI=1S/C20H16ClNO4S/c21-18-11-4-5-12-19(18)22(14-15-7-2-1-3-8-15)27(25,26)17-10-6-9-16(13-17)20(23)24/h1-13H,14H2,(H,23,24)/p-1. The number of benzene rings is 3. The highest BCUT2D eigenvalue weighted by molar-refractivity contribution is 7.92. The zero-order valence-corrected chi connectivity index (χ0v) is 15.7. The first-order chi connectivity index (χ1) is 12.9. The lowest BCUT2D eigenvalue weighted by Crippen LogP contribution is -2.31. The molecule has 0 radical (unpaired) electrons. The van der Waals surface area contributed by atoms with Gasteiger partial charge in [-0.15, -0.1) is 0 Å². The van der Waals surface area contributed by atoms with Crippen LogP contribution in [0.5, 0.6) is 0 Å². The Balaban J connectivity index is 2.13. The van der Waals surface area contributed by atoms with E-state index in [9.17, 15) is 18.3 Å². The summed E-state index contributed by atoms with van der Waals surface area (Å²) < 4.78 is 27.8. The third kappa shape index (κ3) is 4.13. The molecule has 0 aliphatic rings. The van der Waals surface area contributed by atoms with Crippen molar-refractivity contribution in [3.8, 4) is 0 Å². The lowest BCUT2D eigenvalue weighted by Gasteiger charge is -2.26. The van der Waals surface area contributed by atoms with Crippen LogP contribution in [0.2, 0.25) is 5.02 Å². The number of aromatic carboxylic acids is 1. The van der Waals surface area contributed by atoms with Gasteiger partial charge < -0.3 is 9.90 Å². The van der Waals surface area contributed by atoms with E-state index >= 15 is 0 Å². The molecule has 5 nitrogen and oxygen atoms in total. The van der Waals surface area contributed by atoms with Gasteiger partial charge in [0.2, 0.25) is 0 Å². The lowest BCUT2D eigenvalue weighted by atomic mass is 10.2. The van der Waals surface area contributed by atoms with Gasteiger partial charge in [-0.05, 0) is 35.4 Å². The molecule has 3 rings (SSSR count). The van der Waals surface area contributed by atoms with Gasteiger partial charge in [0.05, 0.1) is 28.1 Å². The summed E-state index contributed by atoms with van der Waals surface area (Å²) in [5.74, 6) is -1.44. The summed E-state index contributed by atoms with van der Waals surface area (Å²) in [6.07, 6.45) is 0. The molecule has 27 heavy (non-hydrogen) atoms. The third-order valence-electron chi connectivity index (χ3n) is 3.95. The molecule has 3 aromatic carbocycles. The van der Waals surface area contributed by atoms with E-state index in [4.69, 9.17) is 11.6 Å². The van der Waals surface area contributed by atoms with Crippen LogP contribution in [0.25, 0.3) is 0 Å². The molecule has 0 aromatic heterocycles. The number of hydrogen-bond donors (Lipinski definition) is 0. The van der Waals surface area contributed by atoms with Gasteiger partial charge in [-0.25, -0.2) is 8.42 Å². The minimum absolute atomic E-state index is 0.0441. The number of sulfonamides is 1. The quantitative estimate of drug-likeness (QED) is 0.637. The number of para-hydroxylation sites is 1. The number of halogens is 1. The summed E-state index contributed by atoms with van der Waals surface area (Å²) in [4.78, 5) is 11.0. The first kappa shape index (κ1) is 18.9. The maximum atomic E-state index is 13.3. The normalized spacial score (nSPS) is 11.1. The number of hydrogen-bond acceptors (Lipinski definition) is 4. The highest BCUT2D eigenvalue weighted by atomic mass is 35.5. The zero-order chi connectivity index (χ0) is 19.4. The first-order valence-corrected chi connectivity index (χ1v) is 9.84. The van der Waals surface area contributed by atoms with Crippen LogP contribution in [0.4, 0.5) is 5.69 Å². The Labute approximate surface area is 162 Å². The van der Waals surface area contributed by atoms with Crippen molar-refractivity contribution in [2.75, 3.05) is 4.31 Å². The molecule has 0 saturated heterocycles. The third-order valence-corrected chi connectivity index (χ3v) is 6.02. The Hall–Kier alpha value is -2.83. The molecule has 0 fully saturated rings. The Morgan fingerprint density at radius 3 is 2.26 bits per heavy atom. The summed E-state index contributed by atoms with van der Waals surface area (Å²) in [6, 6.07) is 20.7. The molecule has 0 bridgehead atoms. The van der Waals surface area contributed by atoms with E-state index in [1.54, 1.807) is 36.4 Å². The second kappa shape index (κ2) is 7.82. The molecular weight excluding hydrogens is 386 g/mol. The van der Waals surface area contributed by atoms with Gasteiger partial charge in [0, 0.05) is 0 Å². The topological polar surface area (TPSA) is 77.5 Å². The number of carboxylic acids is 1.